The molecule has 2 aromatic heterocycles. The molecule has 120 valence electrons. The van der Waals surface area contributed by atoms with Crippen molar-refractivity contribution in [3.8, 4) is 11.3 Å². The van der Waals surface area contributed by atoms with Gasteiger partial charge in [-0.25, -0.2) is 18.7 Å². The van der Waals surface area contributed by atoms with Crippen LogP contribution in [-0.2, 0) is 6.18 Å². The van der Waals surface area contributed by atoms with Crippen LogP contribution in [0.4, 0.5) is 22.0 Å². The minimum atomic E-state index is -4.45. The fourth-order valence-corrected chi connectivity index (χ4v) is 2.62. The van der Waals surface area contributed by atoms with Crippen molar-refractivity contribution in [2.24, 2.45) is 0 Å². The molecule has 9 heteroatoms. The standard InChI is InChI=1S/C14H7F5IN3/c15-11(16)10-5-9(22-13-12(20)21-6-23(10)13)7-1-3-8(4-2-7)14(17,18)19/h1-6,11H. The summed E-state index contributed by atoms with van der Waals surface area (Å²) in [6.45, 7) is 0. The van der Waals surface area contributed by atoms with Crippen molar-refractivity contribution >= 4 is 28.2 Å². The van der Waals surface area contributed by atoms with Gasteiger partial charge in [0.2, 0.25) is 0 Å². The number of hydrogen-bond acceptors (Lipinski definition) is 2. The van der Waals surface area contributed by atoms with Crippen LogP contribution in [0.15, 0.2) is 36.7 Å². The number of fused-ring (bicyclic) bond motifs is 1. The Morgan fingerprint density at radius 3 is 2.30 bits per heavy atom. The average Bonchev–Trinajstić information content (AvgIpc) is 2.87. The first-order valence-electron chi connectivity index (χ1n) is 6.26. The summed E-state index contributed by atoms with van der Waals surface area (Å²) in [5.41, 5.74) is -0.409. The number of rotatable bonds is 2. The van der Waals surface area contributed by atoms with Crippen molar-refractivity contribution in [2.75, 3.05) is 0 Å². The molecule has 0 spiro atoms. The maximum atomic E-state index is 13.2. The van der Waals surface area contributed by atoms with Gasteiger partial charge in [0, 0.05) is 5.56 Å². The highest BCUT2D eigenvalue weighted by molar-refractivity contribution is 14.1. The van der Waals surface area contributed by atoms with E-state index in [9.17, 15) is 22.0 Å². The molecule has 0 aliphatic carbocycles. The van der Waals surface area contributed by atoms with Gasteiger partial charge in [0.25, 0.3) is 6.43 Å². The summed E-state index contributed by atoms with van der Waals surface area (Å²) in [5, 5.41) is 0. The van der Waals surface area contributed by atoms with Gasteiger partial charge in [0.15, 0.2) is 5.65 Å². The van der Waals surface area contributed by atoms with Crippen LogP contribution >= 0.6 is 22.6 Å². The molecule has 0 saturated heterocycles. The molecule has 0 bridgehead atoms. The Hall–Kier alpha value is -1.78. The molecule has 3 aromatic rings. The molecule has 0 N–H and O–H groups in total. The normalized spacial score (nSPS) is 12.3. The van der Waals surface area contributed by atoms with Crippen LogP contribution in [-0.4, -0.2) is 14.4 Å². The maximum absolute atomic E-state index is 13.2. The first-order valence-corrected chi connectivity index (χ1v) is 7.34. The maximum Gasteiger partial charge on any atom is 0.416 e. The number of aromatic nitrogens is 3. The molecule has 0 aliphatic rings. The highest BCUT2D eigenvalue weighted by atomic mass is 127. The van der Waals surface area contributed by atoms with Crippen LogP contribution in [0.3, 0.4) is 0 Å². The zero-order chi connectivity index (χ0) is 16.8. The third-order valence-electron chi connectivity index (χ3n) is 3.22. The number of halogens is 6. The molecule has 23 heavy (non-hydrogen) atoms. The van der Waals surface area contributed by atoms with Crippen LogP contribution in [0, 0.1) is 3.70 Å². The molecule has 0 aliphatic heterocycles. The van der Waals surface area contributed by atoms with Gasteiger partial charge in [-0.1, -0.05) is 12.1 Å². The van der Waals surface area contributed by atoms with Crippen LogP contribution in [0.25, 0.3) is 16.9 Å². The summed E-state index contributed by atoms with van der Waals surface area (Å²) in [4.78, 5) is 8.14. The van der Waals surface area contributed by atoms with Gasteiger partial charge in [-0.05, 0) is 40.8 Å². The minimum absolute atomic E-state index is 0.167. The zero-order valence-electron chi connectivity index (χ0n) is 11.2. The molecular weight excluding hydrogens is 432 g/mol. The lowest BCUT2D eigenvalue weighted by Gasteiger charge is -2.10. The third kappa shape index (κ3) is 3.01. The molecule has 1 aromatic carbocycles. The van der Waals surface area contributed by atoms with Crippen molar-refractivity contribution in [3.05, 3.63) is 51.6 Å². The lowest BCUT2D eigenvalue weighted by Crippen LogP contribution is -2.04. The topological polar surface area (TPSA) is 30.2 Å². The lowest BCUT2D eigenvalue weighted by molar-refractivity contribution is -0.137. The Bertz CT molecular complexity index is 855. The van der Waals surface area contributed by atoms with Gasteiger partial charge in [0.05, 0.1) is 17.0 Å². The number of nitrogens with zero attached hydrogens (tertiary/aromatic N) is 3. The van der Waals surface area contributed by atoms with E-state index >= 15 is 0 Å². The summed E-state index contributed by atoms with van der Waals surface area (Å²) >= 11 is 1.86. The van der Waals surface area contributed by atoms with Crippen LogP contribution < -0.4 is 0 Å². The highest BCUT2D eigenvalue weighted by Crippen LogP contribution is 2.32. The summed E-state index contributed by atoms with van der Waals surface area (Å²) in [6.07, 6.45) is -5.98. The first-order chi connectivity index (χ1) is 10.8. The molecule has 2 heterocycles. The van der Waals surface area contributed by atoms with E-state index < -0.39 is 18.2 Å². The van der Waals surface area contributed by atoms with Crippen LogP contribution in [0.1, 0.15) is 17.7 Å². The molecular formula is C14H7F5IN3. The number of alkyl halides is 5. The molecule has 3 rings (SSSR count). The van der Waals surface area contributed by atoms with Crippen molar-refractivity contribution in [3.63, 3.8) is 0 Å². The summed E-state index contributed by atoms with van der Waals surface area (Å²) in [5.74, 6) is 0. The number of benzene rings is 1. The number of imidazole rings is 1. The van der Waals surface area contributed by atoms with Crippen LogP contribution in [0.2, 0.25) is 0 Å². The van der Waals surface area contributed by atoms with Gasteiger partial charge >= 0.3 is 6.18 Å². The molecule has 0 fully saturated rings. The van der Waals surface area contributed by atoms with E-state index in [2.05, 4.69) is 9.97 Å². The Morgan fingerprint density at radius 1 is 1.09 bits per heavy atom. The van der Waals surface area contributed by atoms with Gasteiger partial charge in [-0.3, -0.25) is 4.40 Å². The molecule has 0 unspecified atom stereocenters. The fourth-order valence-electron chi connectivity index (χ4n) is 2.11. The second-order valence-electron chi connectivity index (χ2n) is 4.67. The van der Waals surface area contributed by atoms with E-state index in [0.29, 0.717) is 9.26 Å². The summed E-state index contributed by atoms with van der Waals surface area (Å²) in [6, 6.07) is 5.35. The van der Waals surface area contributed by atoms with Crippen molar-refractivity contribution < 1.29 is 22.0 Å². The van der Waals surface area contributed by atoms with Crippen molar-refractivity contribution in [1.29, 1.82) is 0 Å². The van der Waals surface area contributed by atoms with E-state index in [-0.39, 0.29) is 17.0 Å². The second kappa shape index (κ2) is 5.69. The number of hydrogen-bond donors (Lipinski definition) is 0. The monoisotopic (exact) mass is 439 g/mol. The van der Waals surface area contributed by atoms with Gasteiger partial charge < -0.3 is 0 Å². The van der Waals surface area contributed by atoms with Gasteiger partial charge in [-0.2, -0.15) is 13.2 Å². The molecule has 0 radical (unpaired) electrons. The van der Waals surface area contributed by atoms with E-state index in [1.54, 1.807) is 0 Å². The SMILES string of the molecule is FC(F)c1cc(-c2ccc(C(F)(F)F)cc2)nc2c(I)ncn12. The molecule has 3 nitrogen and oxygen atoms in total. The van der Waals surface area contributed by atoms with E-state index in [1.165, 1.54) is 22.9 Å². The first kappa shape index (κ1) is 16.1. The largest absolute Gasteiger partial charge is 0.416 e. The van der Waals surface area contributed by atoms with Gasteiger partial charge in [-0.15, -0.1) is 0 Å². The molecule has 0 saturated carbocycles. The van der Waals surface area contributed by atoms with Gasteiger partial charge in [0.1, 0.15) is 10.0 Å². The zero-order valence-corrected chi connectivity index (χ0v) is 13.3. The average molecular weight is 439 g/mol. The van der Waals surface area contributed by atoms with E-state index in [1.807, 2.05) is 22.6 Å². The Kier molecular flexibility index (Phi) is 3.98. The van der Waals surface area contributed by atoms with Crippen molar-refractivity contribution in [2.45, 2.75) is 12.6 Å². The Labute approximate surface area is 140 Å². The van der Waals surface area contributed by atoms with E-state index in [4.69, 9.17) is 0 Å². The summed E-state index contributed by atoms with van der Waals surface area (Å²) < 4.78 is 65.7. The van der Waals surface area contributed by atoms with Crippen LogP contribution in [0.5, 0.6) is 0 Å². The minimum Gasteiger partial charge on any atom is -0.281 e. The third-order valence-corrected chi connectivity index (χ3v) is 3.98. The fraction of sp³-hybridized carbons (Fsp3) is 0.143. The van der Waals surface area contributed by atoms with Crippen molar-refractivity contribution in [1.82, 2.24) is 14.4 Å². The quantitative estimate of drug-likeness (QED) is 0.418. The molecule has 0 atom stereocenters. The molecule has 0 amide bonds. The predicted molar refractivity (Wildman–Crippen MR) is 81.1 cm³/mol. The lowest BCUT2D eigenvalue weighted by atomic mass is 10.1. The Morgan fingerprint density at radius 2 is 1.74 bits per heavy atom. The summed E-state index contributed by atoms with van der Waals surface area (Å²) in [7, 11) is 0. The smallest absolute Gasteiger partial charge is 0.281 e. The Balaban J connectivity index is 2.14. The predicted octanol–water partition coefficient (Wildman–Crippen LogP) is 4.96. The highest BCUT2D eigenvalue weighted by Gasteiger charge is 2.30. The van der Waals surface area contributed by atoms with E-state index in [0.717, 1.165) is 18.2 Å². The second-order valence-corrected chi connectivity index (χ2v) is 5.69.